The first-order chi connectivity index (χ1) is 24.7. The normalized spacial score (nSPS) is 42.8. The molecule has 5 saturated carbocycles. The van der Waals surface area contributed by atoms with Gasteiger partial charge < -0.3 is 28.8 Å². The van der Waals surface area contributed by atoms with Crippen molar-refractivity contribution in [2.45, 2.75) is 156 Å². The highest BCUT2D eigenvalue weighted by atomic mass is 16.7. The Kier molecular flexibility index (Phi) is 9.24. The van der Waals surface area contributed by atoms with E-state index in [0.29, 0.717) is 18.4 Å². The lowest BCUT2D eigenvalue weighted by Gasteiger charge is -2.68. The van der Waals surface area contributed by atoms with E-state index in [4.69, 9.17) is 23.7 Å². The molecule has 5 aliphatic carbocycles. The minimum absolute atomic E-state index is 0.0369. The highest BCUT2D eigenvalue weighted by molar-refractivity contribution is 5.89. The van der Waals surface area contributed by atoms with Crippen LogP contribution >= 0.6 is 0 Å². The van der Waals surface area contributed by atoms with Crippen LogP contribution in [0.5, 0.6) is 0 Å². The Morgan fingerprint density at radius 1 is 0.811 bits per heavy atom. The van der Waals surface area contributed by atoms with E-state index in [9.17, 15) is 24.3 Å². The molecular formula is C43H60O10. The van der Waals surface area contributed by atoms with E-state index in [1.54, 1.807) is 26.0 Å². The molecule has 6 fully saturated rings. The van der Waals surface area contributed by atoms with Crippen LogP contribution in [0.3, 0.4) is 0 Å². The van der Waals surface area contributed by atoms with Crippen LogP contribution < -0.4 is 0 Å². The zero-order valence-electron chi connectivity index (χ0n) is 33.1. The van der Waals surface area contributed by atoms with Gasteiger partial charge >= 0.3 is 23.9 Å². The van der Waals surface area contributed by atoms with Gasteiger partial charge in [0.25, 0.3) is 0 Å². The molecule has 0 radical (unpaired) electrons. The van der Waals surface area contributed by atoms with Crippen LogP contribution in [0, 0.1) is 50.7 Å². The zero-order valence-corrected chi connectivity index (χ0v) is 33.1. The first kappa shape index (κ1) is 38.3. The fraction of sp³-hybridized carbons (Fsp3) is 0.767. The summed E-state index contributed by atoms with van der Waals surface area (Å²) in [7, 11) is 0. The Hall–Kier alpha value is -2.98. The molecule has 1 saturated heterocycles. The van der Waals surface area contributed by atoms with Gasteiger partial charge in [-0.2, -0.15) is 0 Å². The van der Waals surface area contributed by atoms with E-state index in [1.807, 2.05) is 18.2 Å². The van der Waals surface area contributed by atoms with Crippen LogP contribution in [0.25, 0.3) is 0 Å². The highest BCUT2D eigenvalue weighted by Gasteiger charge is 2.86. The number of carbonyl (C=O) groups excluding carboxylic acids is 4. The summed E-state index contributed by atoms with van der Waals surface area (Å²) in [4.78, 5) is 50.8. The van der Waals surface area contributed by atoms with Crippen molar-refractivity contribution in [3.63, 3.8) is 0 Å². The van der Waals surface area contributed by atoms with Gasteiger partial charge in [0.1, 0.15) is 18.3 Å². The summed E-state index contributed by atoms with van der Waals surface area (Å²) in [5.41, 5.74) is -1.61. The van der Waals surface area contributed by atoms with E-state index in [2.05, 4.69) is 27.7 Å². The number of aliphatic hydroxyl groups is 1. The van der Waals surface area contributed by atoms with Crippen LogP contribution in [0.1, 0.15) is 130 Å². The molecule has 0 bridgehead atoms. The largest absolute Gasteiger partial charge is 0.462 e. The minimum atomic E-state index is -1.37. The molecule has 1 heterocycles. The monoisotopic (exact) mass is 736 g/mol. The Labute approximate surface area is 314 Å². The summed E-state index contributed by atoms with van der Waals surface area (Å²) in [6.07, 6.45) is 4.90. The third-order valence-electron chi connectivity index (χ3n) is 15.9. The fourth-order valence-electron chi connectivity index (χ4n) is 14.0. The highest BCUT2D eigenvalue weighted by Crippen LogP contribution is 2.91. The second-order valence-corrected chi connectivity index (χ2v) is 19.2. The number of fused-ring (bicyclic) bond motifs is 3. The standard InChI is InChI=1S/C43H60O10/c1-24(44)49-34-22-32-38(4,5)33(53-36(47)27-13-11-10-12-14-27)17-18-40(32,8)31-16-19-42-23-43(42,41(31,34)9)20-15-29(42)28-21-30(52-37(28)51-26(3)46)35(39(6,7)48)50-25(2)45/h10-14,28-35,37,48H,15-23H2,1-9H3/t28-,29+,30-,31-,32+,33-,34-,35+,37+,40-,41+,42-,43-/m1/s1. The second kappa shape index (κ2) is 12.8. The fourth-order valence-corrected chi connectivity index (χ4v) is 14.0. The lowest BCUT2D eigenvalue weighted by molar-refractivity contribution is -0.249. The van der Waals surface area contributed by atoms with Crippen molar-refractivity contribution in [2.24, 2.45) is 50.7 Å². The predicted molar refractivity (Wildman–Crippen MR) is 194 cm³/mol. The molecule has 10 nitrogen and oxygen atoms in total. The molecular weight excluding hydrogens is 676 g/mol. The summed E-state index contributed by atoms with van der Waals surface area (Å²) in [5.74, 6) is -1.01. The van der Waals surface area contributed by atoms with Crippen molar-refractivity contribution >= 4 is 23.9 Å². The third-order valence-corrected chi connectivity index (χ3v) is 15.9. The number of rotatable bonds is 8. The van der Waals surface area contributed by atoms with Crippen LogP contribution in [-0.2, 0) is 38.1 Å². The number of benzene rings is 1. The number of hydrogen-bond donors (Lipinski definition) is 1. The Bertz CT molecular complexity index is 1630. The molecule has 6 aliphatic rings. The molecule has 0 aromatic heterocycles. The van der Waals surface area contributed by atoms with Crippen molar-refractivity contribution in [2.75, 3.05) is 0 Å². The molecule has 1 aromatic carbocycles. The van der Waals surface area contributed by atoms with E-state index >= 15 is 0 Å². The van der Waals surface area contributed by atoms with Crippen molar-refractivity contribution in [3.8, 4) is 0 Å². The van der Waals surface area contributed by atoms with Gasteiger partial charge in [-0.25, -0.2) is 4.79 Å². The summed E-state index contributed by atoms with van der Waals surface area (Å²) < 4.78 is 30.7. The lowest BCUT2D eigenvalue weighted by Crippen LogP contribution is -2.67. The van der Waals surface area contributed by atoms with Crippen molar-refractivity contribution < 1.29 is 48.0 Å². The Balaban J connectivity index is 1.20. The lowest BCUT2D eigenvalue weighted by atomic mass is 9.37. The van der Waals surface area contributed by atoms with Crippen LogP contribution in [0.2, 0.25) is 0 Å². The van der Waals surface area contributed by atoms with Crippen LogP contribution in [-0.4, -0.2) is 65.3 Å². The molecule has 1 aromatic rings. The maximum Gasteiger partial charge on any atom is 0.338 e. The van der Waals surface area contributed by atoms with E-state index < -0.39 is 36.0 Å². The average molecular weight is 737 g/mol. The van der Waals surface area contributed by atoms with Crippen LogP contribution in [0.15, 0.2) is 30.3 Å². The van der Waals surface area contributed by atoms with Gasteiger partial charge in [-0.15, -0.1) is 0 Å². The van der Waals surface area contributed by atoms with Gasteiger partial charge in [0.05, 0.1) is 11.2 Å². The average Bonchev–Trinajstić information content (AvgIpc) is 3.41. The second-order valence-electron chi connectivity index (χ2n) is 19.2. The van der Waals surface area contributed by atoms with Gasteiger partial charge in [-0.05, 0) is 118 Å². The van der Waals surface area contributed by atoms with Crippen molar-refractivity contribution in [3.05, 3.63) is 35.9 Å². The molecule has 0 amide bonds. The number of esters is 4. The number of hydrogen-bond acceptors (Lipinski definition) is 10. The third kappa shape index (κ3) is 5.77. The van der Waals surface area contributed by atoms with Gasteiger partial charge in [-0.3, -0.25) is 14.4 Å². The Morgan fingerprint density at radius 3 is 2.11 bits per heavy atom. The predicted octanol–water partition coefficient (Wildman–Crippen LogP) is 7.19. The molecule has 292 valence electrons. The maximum atomic E-state index is 13.3. The molecule has 1 aliphatic heterocycles. The van der Waals surface area contributed by atoms with Gasteiger partial charge in [-0.1, -0.05) is 45.9 Å². The molecule has 0 spiro atoms. The molecule has 53 heavy (non-hydrogen) atoms. The van der Waals surface area contributed by atoms with E-state index in [-0.39, 0.29) is 74.9 Å². The molecule has 10 heteroatoms. The topological polar surface area (TPSA) is 135 Å². The minimum Gasteiger partial charge on any atom is -0.462 e. The number of ether oxygens (including phenoxy) is 5. The summed E-state index contributed by atoms with van der Waals surface area (Å²) >= 11 is 0. The maximum absolute atomic E-state index is 13.3. The van der Waals surface area contributed by atoms with Gasteiger partial charge in [0.2, 0.25) is 6.29 Å². The van der Waals surface area contributed by atoms with Crippen molar-refractivity contribution in [1.29, 1.82) is 0 Å². The van der Waals surface area contributed by atoms with Crippen molar-refractivity contribution in [1.82, 2.24) is 0 Å². The zero-order chi connectivity index (χ0) is 38.5. The summed E-state index contributed by atoms with van der Waals surface area (Å²) in [6.45, 7) is 16.8. The van der Waals surface area contributed by atoms with E-state index in [1.165, 1.54) is 20.8 Å². The SMILES string of the molecule is CC(=O)O[C@H]1O[C@@H]([C@H](OC(C)=O)C(C)(C)O)C[C@@H]1[C@@H]1CC[C@]23C[C@]12CC[C@@H]1[C@@]2(C)CC[C@@H](OC(=O)c4ccccc4)C(C)(C)[C@@H]2C[C@@H](OC(C)=O)[C@]13C. The number of carbonyl (C=O) groups is 4. The first-order valence-electron chi connectivity index (χ1n) is 19.9. The smallest absolute Gasteiger partial charge is 0.338 e. The molecule has 7 rings (SSSR count). The molecule has 0 unspecified atom stereocenters. The van der Waals surface area contributed by atoms with Gasteiger partial charge in [0, 0.05) is 37.5 Å². The summed E-state index contributed by atoms with van der Waals surface area (Å²) in [6, 6.07) is 9.18. The molecule has 1 N–H and O–H groups in total. The summed E-state index contributed by atoms with van der Waals surface area (Å²) in [5, 5.41) is 11.1. The Morgan fingerprint density at radius 2 is 1.49 bits per heavy atom. The quantitative estimate of drug-likeness (QED) is 0.216. The van der Waals surface area contributed by atoms with E-state index in [0.717, 1.165) is 44.9 Å². The van der Waals surface area contributed by atoms with Gasteiger partial charge in [0.15, 0.2) is 6.10 Å². The molecule has 13 atom stereocenters. The first-order valence-corrected chi connectivity index (χ1v) is 19.9. The van der Waals surface area contributed by atoms with Crippen LogP contribution in [0.4, 0.5) is 0 Å².